The van der Waals surface area contributed by atoms with Crippen molar-refractivity contribution in [3.8, 4) is 0 Å². The van der Waals surface area contributed by atoms with Crippen molar-refractivity contribution in [1.82, 2.24) is 21.3 Å². The molecule has 150 valence electrons. The molecule has 1 aliphatic carbocycles. The summed E-state index contributed by atoms with van der Waals surface area (Å²) in [5.41, 5.74) is 15.5. The number of nitrogens with zero attached hydrogens (tertiary/aromatic N) is 2. The van der Waals surface area contributed by atoms with Crippen molar-refractivity contribution in [1.29, 1.82) is 5.53 Å². The Bertz CT molecular complexity index is 749. The molecular weight excluding hydrogens is 360 g/mol. The summed E-state index contributed by atoms with van der Waals surface area (Å²) in [5, 5.41) is 18.5. The maximum absolute atomic E-state index is 12.2. The second-order valence-electron chi connectivity index (χ2n) is 7.08. The number of hydrogen-bond acceptors (Lipinski definition) is 8. The van der Waals surface area contributed by atoms with Gasteiger partial charge in [0, 0.05) is 18.3 Å². The smallest absolute Gasteiger partial charge is 0.320 e. The van der Waals surface area contributed by atoms with Crippen molar-refractivity contribution >= 4 is 6.03 Å². The molecule has 2 amide bonds. The van der Waals surface area contributed by atoms with Crippen molar-refractivity contribution in [3.63, 3.8) is 0 Å². The van der Waals surface area contributed by atoms with Crippen LogP contribution in [0.3, 0.4) is 0 Å². The van der Waals surface area contributed by atoms with Crippen molar-refractivity contribution in [2.24, 2.45) is 16.0 Å². The monoisotopic (exact) mass is 386 g/mol. The van der Waals surface area contributed by atoms with Crippen LogP contribution in [0.2, 0.25) is 0 Å². The summed E-state index contributed by atoms with van der Waals surface area (Å²) in [6.45, 7) is 0.407. The largest absolute Gasteiger partial charge is 0.382 e. The van der Waals surface area contributed by atoms with Gasteiger partial charge in [-0.15, -0.1) is 0 Å². The summed E-state index contributed by atoms with van der Waals surface area (Å²) in [6, 6.07) is -0.796. The van der Waals surface area contributed by atoms with E-state index in [1.807, 2.05) is 18.2 Å². The van der Waals surface area contributed by atoms with Gasteiger partial charge in [0.2, 0.25) is 0 Å². The molecular formula is C18H26N8O2. The van der Waals surface area contributed by atoms with Gasteiger partial charge in [-0.3, -0.25) is 5.32 Å². The number of carbonyl (C=O) groups excluding carboxylic acids is 1. The van der Waals surface area contributed by atoms with Crippen LogP contribution in [-0.4, -0.2) is 37.2 Å². The molecule has 10 nitrogen and oxygen atoms in total. The number of amides is 2. The maximum atomic E-state index is 12.2. The zero-order chi connectivity index (χ0) is 19.9. The van der Waals surface area contributed by atoms with Crippen molar-refractivity contribution in [2.45, 2.75) is 43.8 Å². The Morgan fingerprint density at radius 1 is 1.39 bits per heavy atom. The molecule has 2 heterocycles. The maximum Gasteiger partial charge on any atom is 0.320 e. The molecule has 0 radical (unpaired) electrons. The fourth-order valence-electron chi connectivity index (χ4n) is 3.68. The van der Waals surface area contributed by atoms with Gasteiger partial charge >= 0.3 is 6.03 Å². The number of allylic oxidation sites excluding steroid dienone is 2. The lowest BCUT2D eigenvalue weighted by molar-refractivity contribution is 0.239. The number of fused-ring (bicyclic) bond motifs is 1. The van der Waals surface area contributed by atoms with Gasteiger partial charge < -0.3 is 21.7 Å². The first-order valence-electron chi connectivity index (χ1n) is 9.43. The molecule has 28 heavy (non-hydrogen) atoms. The van der Waals surface area contributed by atoms with E-state index in [1.165, 1.54) is 6.20 Å². The fraction of sp³-hybridized carbons (Fsp3) is 0.500. The molecule has 0 aromatic carbocycles. The van der Waals surface area contributed by atoms with Crippen LogP contribution in [0.5, 0.6) is 0 Å². The Balaban J connectivity index is 1.66. The molecule has 1 saturated carbocycles. The number of rotatable bonds is 7. The van der Waals surface area contributed by atoms with E-state index in [0.717, 1.165) is 37.0 Å². The van der Waals surface area contributed by atoms with Gasteiger partial charge in [0.05, 0.1) is 18.3 Å². The molecule has 1 fully saturated rings. The van der Waals surface area contributed by atoms with E-state index in [2.05, 4.69) is 31.6 Å². The van der Waals surface area contributed by atoms with Gasteiger partial charge in [-0.25, -0.2) is 10.3 Å². The summed E-state index contributed by atoms with van der Waals surface area (Å²) >= 11 is 0. The molecule has 0 aromatic heterocycles. The number of dihydropyridines is 1. The quantitative estimate of drug-likeness (QED) is 0.288. The lowest BCUT2D eigenvalue weighted by Crippen LogP contribution is -2.48. The first kappa shape index (κ1) is 19.7. The minimum atomic E-state index is -0.626. The topological polar surface area (TPSA) is 157 Å². The second kappa shape index (κ2) is 9.27. The summed E-state index contributed by atoms with van der Waals surface area (Å²) in [6.07, 6.45) is 11.4. The number of nitroso groups, excluding NO2 is 1. The average molecular weight is 386 g/mol. The molecule has 2 aliphatic heterocycles. The highest BCUT2D eigenvalue weighted by molar-refractivity contribution is 5.76. The van der Waals surface area contributed by atoms with E-state index in [-0.39, 0.29) is 24.7 Å². The molecule has 0 saturated heterocycles. The Morgan fingerprint density at radius 3 is 2.89 bits per heavy atom. The number of urea groups is 1. The van der Waals surface area contributed by atoms with Gasteiger partial charge in [0.15, 0.2) is 0 Å². The van der Waals surface area contributed by atoms with Crippen LogP contribution in [0.25, 0.3) is 0 Å². The first-order valence-corrected chi connectivity index (χ1v) is 9.43. The number of nitrogens with two attached hydrogens (primary N) is 1. The standard InChI is InChI=1S/C18H26N8O2/c19-14(10-23-28)13(9-22-20)11-7-16-15(21-8-11)5-6-17(25-16)26-18(27)24-12-3-1-2-4-12/h5-7,9,12,14,16,20-21,25H,1-4,8,10,19H2,(H2,24,26,27)/b13-9-,22-20?. The third kappa shape index (κ3) is 4.83. The van der Waals surface area contributed by atoms with E-state index in [9.17, 15) is 9.70 Å². The summed E-state index contributed by atoms with van der Waals surface area (Å²) in [4.78, 5) is 22.8. The van der Waals surface area contributed by atoms with Crippen LogP contribution in [0.1, 0.15) is 25.7 Å². The van der Waals surface area contributed by atoms with Crippen LogP contribution in [0.15, 0.2) is 57.4 Å². The van der Waals surface area contributed by atoms with E-state index >= 15 is 0 Å². The SMILES string of the molecule is N=N/C=C(/C1=CC2NC(NC(=O)NC3CCCC3)=CC=C2NC1)C(N)CN=O. The molecule has 2 unspecified atom stereocenters. The lowest BCUT2D eigenvalue weighted by Gasteiger charge is -2.32. The highest BCUT2D eigenvalue weighted by Crippen LogP contribution is 2.22. The van der Waals surface area contributed by atoms with Crippen LogP contribution >= 0.6 is 0 Å². The number of carbonyl (C=O) groups is 1. The zero-order valence-corrected chi connectivity index (χ0v) is 15.6. The normalized spacial score (nSPS) is 23.1. The van der Waals surface area contributed by atoms with Gasteiger partial charge in [0.25, 0.3) is 0 Å². The highest BCUT2D eigenvalue weighted by Gasteiger charge is 2.26. The molecule has 2 atom stereocenters. The number of hydrogen-bond donors (Lipinski definition) is 6. The van der Waals surface area contributed by atoms with Crippen molar-refractivity contribution in [2.75, 3.05) is 13.1 Å². The lowest BCUT2D eigenvalue weighted by atomic mass is 9.93. The average Bonchev–Trinajstić information content (AvgIpc) is 3.18. The van der Waals surface area contributed by atoms with Crippen molar-refractivity contribution in [3.05, 3.63) is 52.0 Å². The van der Waals surface area contributed by atoms with E-state index < -0.39 is 6.04 Å². The minimum Gasteiger partial charge on any atom is -0.382 e. The van der Waals surface area contributed by atoms with E-state index in [4.69, 9.17) is 11.3 Å². The highest BCUT2D eigenvalue weighted by atomic mass is 16.3. The van der Waals surface area contributed by atoms with Crippen LogP contribution in [0, 0.1) is 10.4 Å². The predicted octanol–water partition coefficient (Wildman–Crippen LogP) is 1.46. The molecule has 0 aromatic rings. The predicted molar refractivity (Wildman–Crippen MR) is 105 cm³/mol. The fourth-order valence-corrected chi connectivity index (χ4v) is 3.68. The van der Waals surface area contributed by atoms with E-state index in [0.29, 0.717) is 17.9 Å². The summed E-state index contributed by atoms with van der Waals surface area (Å²) in [7, 11) is 0. The molecule has 0 spiro atoms. The Hall–Kier alpha value is -3.01. The molecule has 3 rings (SSSR count). The van der Waals surface area contributed by atoms with Crippen molar-refractivity contribution < 1.29 is 4.79 Å². The Morgan fingerprint density at radius 2 is 2.18 bits per heavy atom. The Labute approximate surface area is 163 Å². The van der Waals surface area contributed by atoms with Crippen LogP contribution in [0.4, 0.5) is 4.79 Å². The second-order valence-corrected chi connectivity index (χ2v) is 7.08. The van der Waals surface area contributed by atoms with Gasteiger partial charge in [-0.2, -0.15) is 10.0 Å². The van der Waals surface area contributed by atoms with Crippen LogP contribution in [-0.2, 0) is 0 Å². The summed E-state index contributed by atoms with van der Waals surface area (Å²) in [5.74, 6) is 0.595. The van der Waals surface area contributed by atoms with E-state index in [1.54, 1.807) is 0 Å². The first-order chi connectivity index (χ1) is 13.6. The van der Waals surface area contributed by atoms with Gasteiger partial charge in [-0.05, 0) is 36.1 Å². The summed E-state index contributed by atoms with van der Waals surface area (Å²) < 4.78 is 0. The van der Waals surface area contributed by atoms with Gasteiger partial charge in [0.1, 0.15) is 12.4 Å². The minimum absolute atomic E-state index is 0.0898. The third-order valence-electron chi connectivity index (χ3n) is 5.11. The Kier molecular flexibility index (Phi) is 6.53. The zero-order valence-electron chi connectivity index (χ0n) is 15.6. The van der Waals surface area contributed by atoms with Gasteiger partial charge in [-0.1, -0.05) is 24.1 Å². The molecule has 7 N–H and O–H groups in total. The third-order valence-corrected chi connectivity index (χ3v) is 5.11. The molecule has 0 bridgehead atoms. The molecule has 3 aliphatic rings. The number of nitrogens with one attached hydrogen (secondary N) is 5. The molecule has 10 heteroatoms. The van der Waals surface area contributed by atoms with Crippen LogP contribution < -0.4 is 27.0 Å².